The van der Waals surface area contributed by atoms with Crippen LogP contribution in [0.2, 0.25) is 0 Å². The lowest BCUT2D eigenvalue weighted by atomic mass is 10.5. The molecule has 0 heterocycles. The Morgan fingerprint density at radius 2 is 1.69 bits per heavy atom. The average molecular weight is 190 g/mol. The van der Waals surface area contributed by atoms with Crippen LogP contribution in [-0.4, -0.2) is 39.5 Å². The van der Waals surface area contributed by atoms with Crippen molar-refractivity contribution in [1.29, 1.82) is 0 Å². The Bertz CT molecular complexity index is 125. The molecule has 0 aliphatic carbocycles. The summed E-state index contributed by atoms with van der Waals surface area (Å²) in [7, 11) is 1.37. The van der Waals surface area contributed by atoms with Crippen molar-refractivity contribution in [2.24, 2.45) is 0 Å². The first-order valence-corrected chi connectivity index (χ1v) is 4.53. The van der Waals surface area contributed by atoms with Gasteiger partial charge in [0.05, 0.1) is 33.4 Å². The fourth-order valence-corrected chi connectivity index (χ4v) is 0.724. The smallest absolute Gasteiger partial charge is 0.307 e. The van der Waals surface area contributed by atoms with Crippen LogP contribution in [0, 0.1) is 0 Å². The van der Waals surface area contributed by atoms with Gasteiger partial charge in [0.25, 0.3) is 0 Å². The summed E-state index contributed by atoms with van der Waals surface area (Å²) in [4.78, 5) is 10.6. The van der Waals surface area contributed by atoms with Crippen LogP contribution < -0.4 is 0 Å². The molecule has 0 unspecified atom stereocenters. The van der Waals surface area contributed by atoms with Crippen molar-refractivity contribution in [3.05, 3.63) is 0 Å². The summed E-state index contributed by atoms with van der Waals surface area (Å²) in [5, 5.41) is 0. The highest BCUT2D eigenvalue weighted by Gasteiger charge is 1.98. The molecule has 4 heteroatoms. The average Bonchev–Trinajstić information content (AvgIpc) is 2.16. The molecular weight excluding hydrogens is 172 g/mol. The van der Waals surface area contributed by atoms with Crippen molar-refractivity contribution in [1.82, 2.24) is 0 Å². The van der Waals surface area contributed by atoms with Gasteiger partial charge in [0.15, 0.2) is 0 Å². The first-order chi connectivity index (χ1) is 6.31. The molecule has 0 aliphatic rings. The highest BCUT2D eigenvalue weighted by Crippen LogP contribution is 1.87. The van der Waals surface area contributed by atoms with E-state index in [1.54, 1.807) is 0 Å². The molecule has 0 aromatic carbocycles. The fourth-order valence-electron chi connectivity index (χ4n) is 0.724. The quantitative estimate of drug-likeness (QED) is 0.423. The predicted octanol–water partition coefficient (Wildman–Crippen LogP) is 0.993. The number of ether oxygens (including phenoxy) is 3. The van der Waals surface area contributed by atoms with Gasteiger partial charge in [-0.25, -0.2) is 0 Å². The lowest BCUT2D eigenvalue weighted by Gasteiger charge is -2.03. The number of hydrogen-bond acceptors (Lipinski definition) is 4. The molecule has 0 radical (unpaired) electrons. The topological polar surface area (TPSA) is 44.8 Å². The molecule has 13 heavy (non-hydrogen) atoms. The SMILES string of the molecule is CCCOCCOCCC(=O)OC. The monoisotopic (exact) mass is 190 g/mol. The van der Waals surface area contributed by atoms with Crippen molar-refractivity contribution >= 4 is 5.97 Å². The van der Waals surface area contributed by atoms with E-state index in [1.807, 2.05) is 0 Å². The molecular formula is C9H18O4. The summed E-state index contributed by atoms with van der Waals surface area (Å²) in [6.45, 7) is 4.35. The molecule has 0 atom stereocenters. The van der Waals surface area contributed by atoms with Gasteiger partial charge in [-0.15, -0.1) is 0 Å². The maximum atomic E-state index is 10.6. The van der Waals surface area contributed by atoms with Crippen molar-refractivity contribution in [2.45, 2.75) is 19.8 Å². The van der Waals surface area contributed by atoms with E-state index in [-0.39, 0.29) is 5.97 Å². The molecule has 0 saturated heterocycles. The molecule has 0 rings (SSSR count). The Morgan fingerprint density at radius 3 is 2.23 bits per heavy atom. The second-order valence-corrected chi connectivity index (χ2v) is 2.55. The van der Waals surface area contributed by atoms with Gasteiger partial charge in [0, 0.05) is 6.61 Å². The van der Waals surface area contributed by atoms with Crippen LogP contribution in [0.4, 0.5) is 0 Å². The van der Waals surface area contributed by atoms with Crippen molar-refractivity contribution in [3.8, 4) is 0 Å². The van der Waals surface area contributed by atoms with Gasteiger partial charge >= 0.3 is 5.97 Å². The van der Waals surface area contributed by atoms with E-state index in [2.05, 4.69) is 11.7 Å². The summed E-state index contributed by atoms with van der Waals surface area (Å²) >= 11 is 0. The zero-order chi connectivity index (χ0) is 9.94. The minimum absolute atomic E-state index is 0.241. The van der Waals surface area contributed by atoms with Gasteiger partial charge in [0.1, 0.15) is 0 Å². The van der Waals surface area contributed by atoms with Gasteiger partial charge in [-0.05, 0) is 6.42 Å². The van der Waals surface area contributed by atoms with E-state index in [4.69, 9.17) is 9.47 Å². The van der Waals surface area contributed by atoms with Crippen LogP contribution in [0.15, 0.2) is 0 Å². The van der Waals surface area contributed by atoms with Crippen LogP contribution in [0.5, 0.6) is 0 Å². The molecule has 0 N–H and O–H groups in total. The highest BCUT2D eigenvalue weighted by atomic mass is 16.5. The molecule has 0 fully saturated rings. The minimum atomic E-state index is -0.241. The Morgan fingerprint density at radius 1 is 1.08 bits per heavy atom. The standard InChI is InChI=1S/C9H18O4/c1-3-5-12-7-8-13-6-4-9(10)11-2/h3-8H2,1-2H3. The van der Waals surface area contributed by atoms with Gasteiger partial charge in [0.2, 0.25) is 0 Å². The highest BCUT2D eigenvalue weighted by molar-refractivity contribution is 5.69. The van der Waals surface area contributed by atoms with Crippen molar-refractivity contribution in [3.63, 3.8) is 0 Å². The van der Waals surface area contributed by atoms with Crippen LogP contribution in [0.3, 0.4) is 0 Å². The van der Waals surface area contributed by atoms with E-state index < -0.39 is 0 Å². The molecule has 0 aliphatic heterocycles. The van der Waals surface area contributed by atoms with Crippen molar-refractivity contribution < 1.29 is 19.0 Å². The molecule has 0 aromatic heterocycles. The Balaban J connectivity index is 2.95. The van der Waals surface area contributed by atoms with Gasteiger partial charge < -0.3 is 14.2 Å². The second kappa shape index (κ2) is 9.48. The van der Waals surface area contributed by atoms with E-state index >= 15 is 0 Å². The summed E-state index contributed by atoms with van der Waals surface area (Å²) in [5.41, 5.74) is 0. The van der Waals surface area contributed by atoms with E-state index in [1.165, 1.54) is 7.11 Å². The Labute approximate surface area is 79.2 Å². The maximum absolute atomic E-state index is 10.6. The van der Waals surface area contributed by atoms with Crippen molar-refractivity contribution in [2.75, 3.05) is 33.5 Å². The molecule has 78 valence electrons. The number of hydrogen-bond donors (Lipinski definition) is 0. The van der Waals surface area contributed by atoms with Gasteiger partial charge in [-0.2, -0.15) is 0 Å². The van der Waals surface area contributed by atoms with Crippen LogP contribution in [0.1, 0.15) is 19.8 Å². The third-order valence-corrected chi connectivity index (χ3v) is 1.40. The maximum Gasteiger partial charge on any atom is 0.307 e. The first kappa shape index (κ1) is 12.4. The Hall–Kier alpha value is -0.610. The number of methoxy groups -OCH3 is 1. The van der Waals surface area contributed by atoms with E-state index in [0.29, 0.717) is 26.2 Å². The molecule has 0 bridgehead atoms. The van der Waals surface area contributed by atoms with E-state index in [0.717, 1.165) is 13.0 Å². The predicted molar refractivity (Wildman–Crippen MR) is 48.6 cm³/mol. The third kappa shape index (κ3) is 9.30. The summed E-state index contributed by atoms with van der Waals surface area (Å²) in [6, 6.07) is 0. The fraction of sp³-hybridized carbons (Fsp3) is 0.889. The largest absolute Gasteiger partial charge is 0.469 e. The second-order valence-electron chi connectivity index (χ2n) is 2.55. The van der Waals surface area contributed by atoms with Crippen LogP contribution in [0.25, 0.3) is 0 Å². The molecule has 0 spiro atoms. The van der Waals surface area contributed by atoms with Gasteiger partial charge in [-0.1, -0.05) is 6.92 Å². The third-order valence-electron chi connectivity index (χ3n) is 1.40. The minimum Gasteiger partial charge on any atom is -0.469 e. The van der Waals surface area contributed by atoms with Crippen LogP contribution >= 0.6 is 0 Å². The molecule has 0 amide bonds. The Kier molecular flexibility index (Phi) is 9.03. The lowest BCUT2D eigenvalue weighted by Crippen LogP contribution is -2.09. The molecule has 0 aromatic rings. The zero-order valence-electron chi connectivity index (χ0n) is 8.38. The number of esters is 1. The van der Waals surface area contributed by atoms with Gasteiger partial charge in [-0.3, -0.25) is 4.79 Å². The first-order valence-electron chi connectivity index (χ1n) is 4.53. The molecule has 4 nitrogen and oxygen atoms in total. The number of rotatable bonds is 8. The summed E-state index contributed by atoms with van der Waals surface area (Å²) in [6.07, 6.45) is 1.33. The normalized spacial score (nSPS) is 10.0. The van der Waals surface area contributed by atoms with E-state index in [9.17, 15) is 4.79 Å². The molecule has 0 saturated carbocycles. The lowest BCUT2D eigenvalue weighted by molar-refractivity contribution is -0.141. The number of carbonyl (C=O) groups excluding carboxylic acids is 1. The van der Waals surface area contributed by atoms with Crippen LogP contribution in [-0.2, 0) is 19.0 Å². The zero-order valence-corrected chi connectivity index (χ0v) is 8.38. The number of carbonyl (C=O) groups is 1. The summed E-state index contributed by atoms with van der Waals surface area (Å²) < 4.78 is 14.7. The summed E-state index contributed by atoms with van der Waals surface area (Å²) in [5.74, 6) is -0.241.